The molecule has 23 heavy (non-hydrogen) atoms. The molecule has 7 heteroatoms. The number of carbonyl (C=O) groups is 1. The van der Waals surface area contributed by atoms with E-state index < -0.39 is 17.7 Å². The van der Waals surface area contributed by atoms with Gasteiger partial charge in [-0.1, -0.05) is 0 Å². The Balaban J connectivity index is 2.28. The van der Waals surface area contributed by atoms with Crippen molar-refractivity contribution in [3.05, 3.63) is 47.8 Å². The third-order valence-electron chi connectivity index (χ3n) is 3.33. The average Bonchev–Trinajstić information content (AvgIpc) is 2.93. The molecule has 2 aromatic rings. The van der Waals surface area contributed by atoms with Crippen molar-refractivity contribution in [2.75, 3.05) is 6.54 Å². The minimum absolute atomic E-state index is 0.0528. The molecule has 0 aliphatic carbocycles. The monoisotopic (exact) mass is 323 g/mol. The molecule has 0 aliphatic rings. The molecular weight excluding hydrogens is 304 g/mol. The van der Waals surface area contributed by atoms with Gasteiger partial charge in [0.2, 0.25) is 0 Å². The number of aliphatic hydroxyl groups is 1. The van der Waals surface area contributed by atoms with Crippen molar-refractivity contribution in [3.8, 4) is 5.69 Å². The minimum Gasteiger partial charge on any atom is -0.392 e. The quantitative estimate of drug-likeness (QED) is 0.919. The molecule has 0 fully saturated rings. The molecule has 0 spiro atoms. The number of hydrogen-bond donors (Lipinski definition) is 1. The van der Waals surface area contributed by atoms with Gasteiger partial charge in [0.05, 0.1) is 17.9 Å². The van der Waals surface area contributed by atoms with Gasteiger partial charge in [-0.25, -0.2) is 13.5 Å². The van der Waals surface area contributed by atoms with Crippen molar-refractivity contribution in [1.29, 1.82) is 0 Å². The van der Waals surface area contributed by atoms with Gasteiger partial charge in [0.1, 0.15) is 11.5 Å². The summed E-state index contributed by atoms with van der Waals surface area (Å²) in [6, 6.07) is 3.02. The van der Waals surface area contributed by atoms with Crippen LogP contribution in [0.3, 0.4) is 0 Å². The number of benzene rings is 1. The van der Waals surface area contributed by atoms with Gasteiger partial charge in [-0.3, -0.25) is 4.79 Å². The molecule has 1 N–H and O–H groups in total. The van der Waals surface area contributed by atoms with Gasteiger partial charge in [-0.2, -0.15) is 5.10 Å². The van der Waals surface area contributed by atoms with Crippen LogP contribution in [0.1, 0.15) is 31.1 Å². The smallest absolute Gasteiger partial charge is 0.257 e. The third kappa shape index (κ3) is 3.92. The molecule has 1 unspecified atom stereocenters. The van der Waals surface area contributed by atoms with E-state index in [4.69, 9.17) is 0 Å². The molecule has 1 atom stereocenters. The minimum atomic E-state index is -0.767. The zero-order chi connectivity index (χ0) is 17.1. The van der Waals surface area contributed by atoms with E-state index in [9.17, 15) is 18.7 Å². The highest BCUT2D eigenvalue weighted by Crippen LogP contribution is 2.16. The molecule has 1 heterocycles. The number of carbonyl (C=O) groups excluding carboxylic acids is 1. The Morgan fingerprint density at radius 3 is 2.61 bits per heavy atom. The lowest BCUT2D eigenvalue weighted by Crippen LogP contribution is -2.41. The summed E-state index contributed by atoms with van der Waals surface area (Å²) in [4.78, 5) is 14.0. The number of aliphatic hydroxyl groups excluding tert-OH is 1. The molecule has 5 nitrogen and oxygen atoms in total. The summed E-state index contributed by atoms with van der Waals surface area (Å²) < 4.78 is 27.9. The lowest BCUT2D eigenvalue weighted by molar-refractivity contribution is 0.0579. The second-order valence-electron chi connectivity index (χ2n) is 5.67. The molecule has 124 valence electrons. The van der Waals surface area contributed by atoms with Crippen LogP contribution in [0, 0.1) is 11.6 Å². The van der Waals surface area contributed by atoms with Crippen molar-refractivity contribution in [2.24, 2.45) is 0 Å². The predicted octanol–water partition coefficient (Wildman–Crippen LogP) is 2.38. The van der Waals surface area contributed by atoms with Crippen LogP contribution in [0.15, 0.2) is 30.6 Å². The second kappa shape index (κ2) is 6.87. The molecule has 1 aromatic heterocycles. The maximum absolute atomic E-state index is 13.8. The fourth-order valence-electron chi connectivity index (χ4n) is 2.21. The standard InChI is InChI=1S/C16H19F2N3O2/c1-10(2)20(8-11(3)22)16(23)12-7-19-21(9-12)15-5-4-13(17)6-14(15)18/h4-7,9-11,22H,8H2,1-3H3. The highest BCUT2D eigenvalue weighted by Gasteiger charge is 2.22. The van der Waals surface area contributed by atoms with E-state index in [2.05, 4.69) is 5.10 Å². The number of nitrogens with zero attached hydrogens (tertiary/aromatic N) is 3. The lowest BCUT2D eigenvalue weighted by atomic mass is 10.2. The van der Waals surface area contributed by atoms with Crippen LogP contribution in [0.2, 0.25) is 0 Å². The first kappa shape index (κ1) is 17.1. The van der Waals surface area contributed by atoms with Crippen LogP contribution in [0.25, 0.3) is 5.69 Å². The Morgan fingerprint density at radius 1 is 1.35 bits per heavy atom. The summed E-state index contributed by atoms with van der Waals surface area (Å²) in [5.41, 5.74) is 0.320. The molecule has 2 rings (SSSR count). The molecule has 0 saturated heterocycles. The fraction of sp³-hybridized carbons (Fsp3) is 0.375. The number of aromatic nitrogens is 2. The van der Waals surface area contributed by atoms with Gasteiger partial charge in [0, 0.05) is 24.8 Å². The highest BCUT2D eigenvalue weighted by atomic mass is 19.1. The molecule has 0 bridgehead atoms. The van der Waals surface area contributed by atoms with Gasteiger partial charge < -0.3 is 10.0 Å². The summed E-state index contributed by atoms with van der Waals surface area (Å²) >= 11 is 0. The second-order valence-corrected chi connectivity index (χ2v) is 5.67. The van der Waals surface area contributed by atoms with Crippen molar-refractivity contribution < 1.29 is 18.7 Å². The number of halogens is 2. The van der Waals surface area contributed by atoms with E-state index in [1.807, 2.05) is 13.8 Å². The molecule has 0 saturated carbocycles. The van der Waals surface area contributed by atoms with Gasteiger partial charge in [0.25, 0.3) is 5.91 Å². The summed E-state index contributed by atoms with van der Waals surface area (Å²) in [5, 5.41) is 13.5. The Kier molecular flexibility index (Phi) is 5.10. The van der Waals surface area contributed by atoms with E-state index in [1.165, 1.54) is 28.0 Å². The zero-order valence-corrected chi connectivity index (χ0v) is 13.2. The number of hydrogen-bond acceptors (Lipinski definition) is 3. The van der Waals surface area contributed by atoms with Gasteiger partial charge in [-0.05, 0) is 32.9 Å². The van der Waals surface area contributed by atoms with Crippen molar-refractivity contribution in [3.63, 3.8) is 0 Å². The first-order valence-electron chi connectivity index (χ1n) is 7.28. The van der Waals surface area contributed by atoms with Gasteiger partial charge in [0.15, 0.2) is 5.82 Å². The van der Waals surface area contributed by atoms with Crippen molar-refractivity contribution in [1.82, 2.24) is 14.7 Å². The molecule has 1 aromatic carbocycles. The Hall–Kier alpha value is -2.28. The van der Waals surface area contributed by atoms with Gasteiger partial charge >= 0.3 is 0 Å². The molecule has 0 radical (unpaired) electrons. The van der Waals surface area contributed by atoms with Crippen LogP contribution < -0.4 is 0 Å². The van der Waals surface area contributed by atoms with E-state index in [-0.39, 0.29) is 29.7 Å². The maximum atomic E-state index is 13.8. The van der Waals surface area contributed by atoms with Crippen molar-refractivity contribution >= 4 is 5.91 Å². The zero-order valence-electron chi connectivity index (χ0n) is 13.2. The fourth-order valence-corrected chi connectivity index (χ4v) is 2.21. The highest BCUT2D eigenvalue weighted by molar-refractivity contribution is 5.94. The van der Waals surface area contributed by atoms with Gasteiger partial charge in [-0.15, -0.1) is 0 Å². The Bertz CT molecular complexity index is 698. The molecular formula is C16H19F2N3O2. The van der Waals surface area contributed by atoms with E-state index in [0.29, 0.717) is 0 Å². The first-order chi connectivity index (χ1) is 10.8. The number of rotatable bonds is 5. The normalized spacial score (nSPS) is 12.5. The first-order valence-corrected chi connectivity index (χ1v) is 7.28. The third-order valence-corrected chi connectivity index (χ3v) is 3.33. The van der Waals surface area contributed by atoms with Crippen molar-refractivity contribution in [2.45, 2.75) is 32.9 Å². The SMILES string of the molecule is CC(O)CN(C(=O)c1cnn(-c2ccc(F)cc2F)c1)C(C)C. The van der Waals surface area contributed by atoms with Crippen LogP contribution in [0.5, 0.6) is 0 Å². The van der Waals surface area contributed by atoms with E-state index in [0.717, 1.165) is 12.1 Å². The Morgan fingerprint density at radius 2 is 2.04 bits per heavy atom. The molecule has 0 aliphatic heterocycles. The summed E-state index contributed by atoms with van der Waals surface area (Å²) in [6.07, 6.45) is 2.05. The summed E-state index contributed by atoms with van der Waals surface area (Å²) in [5.74, 6) is -1.76. The topological polar surface area (TPSA) is 58.4 Å². The lowest BCUT2D eigenvalue weighted by Gasteiger charge is -2.27. The van der Waals surface area contributed by atoms with E-state index >= 15 is 0 Å². The Labute approximate surface area is 133 Å². The summed E-state index contributed by atoms with van der Waals surface area (Å²) in [7, 11) is 0. The van der Waals surface area contributed by atoms with Crippen LogP contribution >= 0.6 is 0 Å². The molecule has 1 amide bonds. The van der Waals surface area contributed by atoms with Crippen LogP contribution in [-0.2, 0) is 0 Å². The van der Waals surface area contributed by atoms with E-state index in [1.54, 1.807) is 6.92 Å². The maximum Gasteiger partial charge on any atom is 0.257 e. The average molecular weight is 323 g/mol. The number of amides is 1. The van der Waals surface area contributed by atoms with Crippen LogP contribution in [0.4, 0.5) is 8.78 Å². The predicted molar refractivity (Wildman–Crippen MR) is 81.3 cm³/mol. The summed E-state index contributed by atoms with van der Waals surface area (Å²) in [6.45, 7) is 5.46. The van der Waals surface area contributed by atoms with Crippen LogP contribution in [-0.4, -0.2) is 44.4 Å². The largest absolute Gasteiger partial charge is 0.392 e.